The fourth-order valence-electron chi connectivity index (χ4n) is 2.64. The van der Waals surface area contributed by atoms with Crippen molar-refractivity contribution < 1.29 is 4.79 Å². The summed E-state index contributed by atoms with van der Waals surface area (Å²) in [7, 11) is 0. The van der Waals surface area contributed by atoms with Crippen molar-refractivity contribution in [1.82, 2.24) is 0 Å². The van der Waals surface area contributed by atoms with Gasteiger partial charge in [-0.25, -0.2) is 0 Å². The molecule has 0 aliphatic heterocycles. The quantitative estimate of drug-likeness (QED) is 0.834. The summed E-state index contributed by atoms with van der Waals surface area (Å²) >= 11 is 0. The lowest BCUT2D eigenvalue weighted by Crippen LogP contribution is -2.23. The summed E-state index contributed by atoms with van der Waals surface area (Å²) in [6, 6.07) is 12.2. The molecular formula is C20H26N2O. The number of rotatable bonds is 5. The second-order valence-electron chi connectivity index (χ2n) is 6.34. The number of aryl methyl sites for hydroxylation is 2. The van der Waals surface area contributed by atoms with Crippen LogP contribution in [0.1, 0.15) is 42.0 Å². The van der Waals surface area contributed by atoms with Gasteiger partial charge in [0.25, 0.3) is 0 Å². The molecule has 3 nitrogen and oxygen atoms in total. The molecule has 0 spiro atoms. The van der Waals surface area contributed by atoms with Gasteiger partial charge in [-0.1, -0.05) is 44.2 Å². The molecule has 0 aliphatic rings. The van der Waals surface area contributed by atoms with Gasteiger partial charge in [0.2, 0.25) is 5.91 Å². The van der Waals surface area contributed by atoms with Crippen LogP contribution in [-0.2, 0) is 4.79 Å². The van der Waals surface area contributed by atoms with E-state index < -0.39 is 0 Å². The Morgan fingerprint density at radius 3 is 2.35 bits per heavy atom. The number of benzene rings is 2. The zero-order valence-electron chi connectivity index (χ0n) is 14.7. The molecule has 0 fully saturated rings. The topological polar surface area (TPSA) is 41.1 Å². The second kappa shape index (κ2) is 7.32. The van der Waals surface area contributed by atoms with Crippen LogP contribution in [0.2, 0.25) is 0 Å². The SMILES string of the molecule is Cc1cccc(NCC(=O)Nc2c(C)cccc2C(C)C)c1C. The summed E-state index contributed by atoms with van der Waals surface area (Å²) in [6.07, 6.45) is 0. The van der Waals surface area contributed by atoms with Crippen LogP contribution >= 0.6 is 0 Å². The Balaban J connectivity index is 2.07. The lowest BCUT2D eigenvalue weighted by Gasteiger charge is -2.17. The van der Waals surface area contributed by atoms with Gasteiger partial charge in [0.15, 0.2) is 0 Å². The average Bonchev–Trinajstić information content (AvgIpc) is 2.50. The van der Waals surface area contributed by atoms with E-state index in [1.165, 1.54) is 16.7 Å². The highest BCUT2D eigenvalue weighted by Gasteiger charge is 2.12. The van der Waals surface area contributed by atoms with Crippen molar-refractivity contribution in [2.45, 2.75) is 40.5 Å². The molecule has 0 bridgehead atoms. The Hall–Kier alpha value is -2.29. The van der Waals surface area contributed by atoms with Crippen LogP contribution < -0.4 is 10.6 Å². The largest absolute Gasteiger partial charge is 0.376 e. The number of hydrogen-bond donors (Lipinski definition) is 2. The fourth-order valence-corrected chi connectivity index (χ4v) is 2.64. The summed E-state index contributed by atoms with van der Waals surface area (Å²) < 4.78 is 0. The van der Waals surface area contributed by atoms with Crippen LogP contribution in [0.3, 0.4) is 0 Å². The van der Waals surface area contributed by atoms with Gasteiger partial charge in [-0.05, 0) is 55.0 Å². The molecule has 1 amide bonds. The van der Waals surface area contributed by atoms with Crippen molar-refractivity contribution in [3.63, 3.8) is 0 Å². The molecule has 2 N–H and O–H groups in total. The maximum Gasteiger partial charge on any atom is 0.243 e. The Bertz CT molecular complexity index is 705. The van der Waals surface area contributed by atoms with Crippen LogP contribution in [0, 0.1) is 20.8 Å². The molecule has 0 unspecified atom stereocenters. The number of anilines is 2. The number of carbonyl (C=O) groups is 1. The average molecular weight is 310 g/mol. The number of nitrogens with one attached hydrogen (secondary N) is 2. The van der Waals surface area contributed by atoms with Gasteiger partial charge in [0, 0.05) is 11.4 Å². The number of amides is 1. The molecule has 122 valence electrons. The zero-order valence-corrected chi connectivity index (χ0v) is 14.7. The molecule has 23 heavy (non-hydrogen) atoms. The third kappa shape index (κ3) is 4.13. The van der Waals surface area contributed by atoms with Gasteiger partial charge in [-0.3, -0.25) is 4.79 Å². The van der Waals surface area contributed by atoms with Crippen LogP contribution in [0.25, 0.3) is 0 Å². The molecule has 0 saturated heterocycles. The lowest BCUT2D eigenvalue weighted by atomic mass is 9.98. The molecule has 2 aromatic rings. The molecule has 3 heteroatoms. The molecular weight excluding hydrogens is 284 g/mol. The van der Waals surface area contributed by atoms with Crippen molar-refractivity contribution in [2.75, 3.05) is 17.2 Å². The van der Waals surface area contributed by atoms with Gasteiger partial charge in [-0.2, -0.15) is 0 Å². The Kier molecular flexibility index (Phi) is 5.43. The van der Waals surface area contributed by atoms with Gasteiger partial charge in [-0.15, -0.1) is 0 Å². The van der Waals surface area contributed by atoms with Crippen LogP contribution in [0.5, 0.6) is 0 Å². The van der Waals surface area contributed by atoms with E-state index in [0.29, 0.717) is 5.92 Å². The van der Waals surface area contributed by atoms with Crippen molar-refractivity contribution in [3.8, 4) is 0 Å². The molecule has 0 aliphatic carbocycles. The fraction of sp³-hybridized carbons (Fsp3) is 0.350. The van der Waals surface area contributed by atoms with E-state index in [4.69, 9.17) is 0 Å². The summed E-state index contributed by atoms with van der Waals surface area (Å²) in [5.74, 6) is 0.347. The lowest BCUT2D eigenvalue weighted by molar-refractivity contribution is -0.114. The van der Waals surface area contributed by atoms with E-state index in [2.05, 4.69) is 50.5 Å². The first-order valence-corrected chi connectivity index (χ1v) is 8.09. The Morgan fingerprint density at radius 2 is 1.65 bits per heavy atom. The molecule has 0 atom stereocenters. The van der Waals surface area contributed by atoms with Crippen molar-refractivity contribution in [1.29, 1.82) is 0 Å². The molecule has 0 radical (unpaired) electrons. The minimum atomic E-state index is -0.0258. The predicted molar refractivity (Wildman–Crippen MR) is 98.3 cm³/mol. The van der Waals surface area contributed by atoms with E-state index in [1.54, 1.807) is 0 Å². The number of carbonyl (C=O) groups excluding carboxylic acids is 1. The highest BCUT2D eigenvalue weighted by Crippen LogP contribution is 2.27. The number of para-hydroxylation sites is 1. The van der Waals surface area contributed by atoms with E-state index in [0.717, 1.165) is 16.9 Å². The van der Waals surface area contributed by atoms with E-state index in [1.807, 2.05) is 31.2 Å². The van der Waals surface area contributed by atoms with E-state index >= 15 is 0 Å². The highest BCUT2D eigenvalue weighted by molar-refractivity contribution is 5.95. The third-order valence-corrected chi connectivity index (χ3v) is 4.24. The van der Waals surface area contributed by atoms with Crippen molar-refractivity contribution >= 4 is 17.3 Å². The van der Waals surface area contributed by atoms with Crippen molar-refractivity contribution in [2.24, 2.45) is 0 Å². The predicted octanol–water partition coefficient (Wildman–Crippen LogP) is 4.79. The second-order valence-corrected chi connectivity index (χ2v) is 6.34. The summed E-state index contributed by atoms with van der Waals surface area (Å²) in [5, 5.41) is 6.29. The molecule has 2 aromatic carbocycles. The van der Waals surface area contributed by atoms with Crippen molar-refractivity contribution in [3.05, 3.63) is 58.7 Å². The van der Waals surface area contributed by atoms with Gasteiger partial charge in [0.05, 0.1) is 6.54 Å². The maximum absolute atomic E-state index is 12.3. The maximum atomic E-state index is 12.3. The van der Waals surface area contributed by atoms with E-state index in [9.17, 15) is 4.79 Å². The van der Waals surface area contributed by atoms with Gasteiger partial charge in [0.1, 0.15) is 0 Å². The standard InChI is InChI=1S/C20H26N2O/c1-13(2)17-10-6-9-15(4)20(17)22-19(23)12-21-18-11-7-8-14(3)16(18)5/h6-11,13,21H,12H2,1-5H3,(H,22,23). The monoisotopic (exact) mass is 310 g/mol. The summed E-state index contributed by atoms with van der Waals surface area (Å²) in [5.41, 5.74) is 6.61. The molecule has 0 aromatic heterocycles. The van der Waals surface area contributed by atoms with Crippen LogP contribution in [-0.4, -0.2) is 12.5 Å². The smallest absolute Gasteiger partial charge is 0.243 e. The van der Waals surface area contributed by atoms with Gasteiger partial charge < -0.3 is 10.6 Å². The normalized spacial score (nSPS) is 10.7. The minimum absolute atomic E-state index is 0.0258. The molecule has 0 saturated carbocycles. The summed E-state index contributed by atoms with van der Waals surface area (Å²) in [4.78, 5) is 12.3. The first-order chi connectivity index (χ1) is 10.9. The summed E-state index contributed by atoms with van der Waals surface area (Å²) in [6.45, 7) is 10.7. The molecule has 0 heterocycles. The third-order valence-electron chi connectivity index (χ3n) is 4.24. The minimum Gasteiger partial charge on any atom is -0.376 e. The first kappa shape index (κ1) is 17.1. The van der Waals surface area contributed by atoms with Gasteiger partial charge >= 0.3 is 0 Å². The van der Waals surface area contributed by atoms with E-state index in [-0.39, 0.29) is 12.5 Å². The zero-order chi connectivity index (χ0) is 17.0. The van der Waals surface area contributed by atoms with Crippen LogP contribution in [0.4, 0.5) is 11.4 Å². The number of hydrogen-bond acceptors (Lipinski definition) is 2. The molecule has 2 rings (SSSR count). The Morgan fingerprint density at radius 1 is 1.00 bits per heavy atom. The highest BCUT2D eigenvalue weighted by atomic mass is 16.1. The Labute approximate surface area is 139 Å². The first-order valence-electron chi connectivity index (χ1n) is 8.09. The van der Waals surface area contributed by atoms with Crippen LogP contribution in [0.15, 0.2) is 36.4 Å².